The predicted octanol–water partition coefficient (Wildman–Crippen LogP) is 5.30. The zero-order chi connectivity index (χ0) is 16.3. The van der Waals surface area contributed by atoms with E-state index < -0.39 is 17.8 Å². The molecule has 0 radical (unpaired) electrons. The summed E-state index contributed by atoms with van der Waals surface area (Å²) in [5.41, 5.74) is -1.18. The number of nitrogens with one attached hydrogen (secondary N) is 2. The molecule has 118 valence electrons. The Kier molecular flexibility index (Phi) is 4.97. The molecule has 8 heteroatoms. The lowest BCUT2D eigenvalue weighted by Gasteiger charge is -2.16. The second kappa shape index (κ2) is 6.58. The van der Waals surface area contributed by atoms with Gasteiger partial charge in [-0.15, -0.1) is 11.3 Å². The van der Waals surface area contributed by atoms with Crippen LogP contribution in [0.1, 0.15) is 23.4 Å². The van der Waals surface area contributed by atoms with E-state index in [1.54, 1.807) is 19.1 Å². The number of urea groups is 1. The van der Waals surface area contributed by atoms with Crippen molar-refractivity contribution in [3.63, 3.8) is 0 Å². The number of benzene rings is 1. The highest BCUT2D eigenvalue weighted by atomic mass is 35.5. The van der Waals surface area contributed by atoms with Gasteiger partial charge in [-0.2, -0.15) is 13.2 Å². The van der Waals surface area contributed by atoms with Crippen molar-refractivity contribution in [2.75, 3.05) is 5.32 Å². The highest BCUT2D eigenvalue weighted by Gasteiger charge is 2.33. The van der Waals surface area contributed by atoms with Crippen LogP contribution in [0, 0.1) is 0 Å². The summed E-state index contributed by atoms with van der Waals surface area (Å²) in [5, 5.41) is 4.80. The van der Waals surface area contributed by atoms with Crippen LogP contribution in [-0.2, 0) is 6.18 Å². The van der Waals surface area contributed by atoms with Crippen LogP contribution in [0.3, 0.4) is 0 Å². The monoisotopic (exact) mass is 348 g/mol. The first-order valence-corrected chi connectivity index (χ1v) is 7.46. The van der Waals surface area contributed by atoms with Crippen molar-refractivity contribution < 1.29 is 18.0 Å². The summed E-state index contributed by atoms with van der Waals surface area (Å²) in [5.74, 6) is 0. The van der Waals surface area contributed by atoms with E-state index in [-0.39, 0.29) is 11.7 Å². The van der Waals surface area contributed by atoms with Crippen molar-refractivity contribution in [3.8, 4) is 0 Å². The molecule has 0 saturated heterocycles. The maximum atomic E-state index is 12.8. The molecule has 22 heavy (non-hydrogen) atoms. The molecule has 1 aromatic heterocycles. The number of carbonyl (C=O) groups is 1. The van der Waals surface area contributed by atoms with Crippen molar-refractivity contribution in [1.82, 2.24) is 5.32 Å². The van der Waals surface area contributed by atoms with Crippen molar-refractivity contribution in [3.05, 3.63) is 51.2 Å². The molecule has 0 fully saturated rings. The second-order valence-electron chi connectivity index (χ2n) is 4.51. The Hall–Kier alpha value is -1.73. The smallest absolute Gasteiger partial charge is 0.331 e. The zero-order valence-electron chi connectivity index (χ0n) is 11.4. The minimum Gasteiger partial charge on any atom is -0.331 e. The van der Waals surface area contributed by atoms with Gasteiger partial charge in [-0.3, -0.25) is 0 Å². The fourth-order valence-electron chi connectivity index (χ4n) is 1.83. The second-order valence-corrected chi connectivity index (χ2v) is 6.25. The summed E-state index contributed by atoms with van der Waals surface area (Å²) in [6, 6.07) is 7.17. The van der Waals surface area contributed by atoms with Crippen molar-refractivity contribution in [2.45, 2.75) is 19.1 Å². The van der Waals surface area contributed by atoms with Crippen LogP contribution in [-0.4, -0.2) is 6.03 Å². The summed E-state index contributed by atoms with van der Waals surface area (Å²) in [6.07, 6.45) is -4.53. The van der Waals surface area contributed by atoms with Gasteiger partial charge in [0.05, 0.1) is 21.6 Å². The van der Waals surface area contributed by atoms with Gasteiger partial charge in [-0.1, -0.05) is 23.7 Å². The number of alkyl halides is 3. The minimum atomic E-state index is -4.53. The van der Waals surface area contributed by atoms with Gasteiger partial charge in [0, 0.05) is 4.88 Å². The molecule has 2 N–H and O–H groups in total. The van der Waals surface area contributed by atoms with E-state index in [1.165, 1.54) is 29.5 Å². The molecule has 1 heterocycles. The molecular formula is C14H12ClF3N2OS. The van der Waals surface area contributed by atoms with Gasteiger partial charge in [0.2, 0.25) is 0 Å². The number of para-hydroxylation sites is 1. The summed E-state index contributed by atoms with van der Waals surface area (Å²) in [7, 11) is 0. The third kappa shape index (κ3) is 4.14. The third-order valence-electron chi connectivity index (χ3n) is 2.85. The quantitative estimate of drug-likeness (QED) is 0.776. The average Bonchev–Trinajstić information content (AvgIpc) is 2.84. The summed E-state index contributed by atoms with van der Waals surface area (Å²) in [6.45, 7) is 1.72. The third-order valence-corrected chi connectivity index (χ3v) is 4.26. The highest BCUT2D eigenvalue weighted by Crippen LogP contribution is 2.34. The van der Waals surface area contributed by atoms with E-state index in [0.717, 1.165) is 10.9 Å². The molecular weight excluding hydrogens is 337 g/mol. The molecule has 2 aromatic rings. The van der Waals surface area contributed by atoms with Gasteiger partial charge >= 0.3 is 12.2 Å². The minimum absolute atomic E-state index is 0.288. The maximum Gasteiger partial charge on any atom is 0.418 e. The van der Waals surface area contributed by atoms with Crippen molar-refractivity contribution in [1.29, 1.82) is 0 Å². The van der Waals surface area contributed by atoms with Crippen LogP contribution in [0.25, 0.3) is 0 Å². The predicted molar refractivity (Wildman–Crippen MR) is 81.3 cm³/mol. The van der Waals surface area contributed by atoms with E-state index in [1.807, 2.05) is 0 Å². The van der Waals surface area contributed by atoms with E-state index in [9.17, 15) is 18.0 Å². The Labute approximate surface area is 134 Å². The molecule has 1 aromatic carbocycles. The maximum absolute atomic E-state index is 12.8. The SMILES string of the molecule is C[C@@H](NC(=O)Nc1ccccc1C(F)(F)F)c1ccc(Cl)s1. The van der Waals surface area contributed by atoms with Crippen molar-refractivity contribution >= 4 is 34.7 Å². The van der Waals surface area contributed by atoms with Gasteiger partial charge in [-0.25, -0.2) is 4.79 Å². The Morgan fingerprint density at radius 3 is 2.50 bits per heavy atom. The zero-order valence-corrected chi connectivity index (χ0v) is 12.9. The molecule has 2 rings (SSSR count). The lowest BCUT2D eigenvalue weighted by Crippen LogP contribution is -2.31. The molecule has 3 nitrogen and oxygen atoms in total. The fourth-order valence-corrected chi connectivity index (χ4v) is 2.89. The number of amides is 2. The van der Waals surface area contributed by atoms with Crippen LogP contribution in [0.4, 0.5) is 23.7 Å². The molecule has 2 amide bonds. The molecule has 0 aliphatic heterocycles. The first-order valence-electron chi connectivity index (χ1n) is 6.26. The Bertz CT molecular complexity index is 672. The van der Waals surface area contributed by atoms with Crippen molar-refractivity contribution in [2.24, 2.45) is 0 Å². The Morgan fingerprint density at radius 2 is 1.91 bits per heavy atom. The van der Waals surface area contributed by atoms with E-state index in [0.29, 0.717) is 4.34 Å². The van der Waals surface area contributed by atoms with Crippen LogP contribution in [0.15, 0.2) is 36.4 Å². The lowest BCUT2D eigenvalue weighted by molar-refractivity contribution is -0.136. The number of thiophene rings is 1. The molecule has 0 aliphatic rings. The number of rotatable bonds is 3. The number of carbonyl (C=O) groups excluding carboxylic acids is 1. The van der Waals surface area contributed by atoms with E-state index in [2.05, 4.69) is 10.6 Å². The molecule has 0 aliphatic carbocycles. The van der Waals surface area contributed by atoms with Crippen LogP contribution >= 0.6 is 22.9 Å². The standard InChI is InChI=1S/C14H12ClF3N2OS/c1-8(11-6-7-12(15)22-11)19-13(21)20-10-5-3-2-4-9(10)14(16,17)18/h2-8H,1H3,(H2,19,20,21)/t8-/m1/s1. The molecule has 0 spiro atoms. The topological polar surface area (TPSA) is 41.1 Å². The summed E-state index contributed by atoms with van der Waals surface area (Å²) in [4.78, 5) is 12.7. The first-order chi connectivity index (χ1) is 10.3. The van der Waals surface area contributed by atoms with Gasteiger partial charge in [-0.05, 0) is 31.2 Å². The Morgan fingerprint density at radius 1 is 1.23 bits per heavy atom. The molecule has 1 atom stereocenters. The largest absolute Gasteiger partial charge is 0.418 e. The number of anilines is 1. The highest BCUT2D eigenvalue weighted by molar-refractivity contribution is 7.16. The van der Waals surface area contributed by atoms with Gasteiger partial charge in [0.15, 0.2) is 0 Å². The average molecular weight is 349 g/mol. The number of hydrogen-bond donors (Lipinski definition) is 2. The van der Waals surface area contributed by atoms with Crippen LogP contribution < -0.4 is 10.6 Å². The van der Waals surface area contributed by atoms with Crippen LogP contribution in [0.2, 0.25) is 4.34 Å². The van der Waals surface area contributed by atoms with Gasteiger partial charge < -0.3 is 10.6 Å². The lowest BCUT2D eigenvalue weighted by atomic mass is 10.1. The number of halogens is 4. The van der Waals surface area contributed by atoms with Crippen LogP contribution in [0.5, 0.6) is 0 Å². The summed E-state index contributed by atoms with van der Waals surface area (Å²) >= 11 is 7.10. The van der Waals surface area contributed by atoms with E-state index in [4.69, 9.17) is 11.6 Å². The molecule has 0 bridgehead atoms. The first kappa shape index (κ1) is 16.6. The van der Waals surface area contributed by atoms with Gasteiger partial charge in [0.25, 0.3) is 0 Å². The molecule has 0 unspecified atom stereocenters. The summed E-state index contributed by atoms with van der Waals surface area (Å²) < 4.78 is 39.1. The van der Waals surface area contributed by atoms with Gasteiger partial charge in [0.1, 0.15) is 0 Å². The normalized spacial score (nSPS) is 12.8. The fraction of sp³-hybridized carbons (Fsp3) is 0.214. The number of hydrogen-bond acceptors (Lipinski definition) is 2. The van der Waals surface area contributed by atoms with E-state index >= 15 is 0 Å². The molecule has 0 saturated carbocycles. The Balaban J connectivity index is 2.07.